The second-order valence-electron chi connectivity index (χ2n) is 8.40. The van der Waals surface area contributed by atoms with Crippen LogP contribution < -0.4 is 15.7 Å². The van der Waals surface area contributed by atoms with E-state index in [1.807, 2.05) is 30.3 Å². The highest BCUT2D eigenvalue weighted by Gasteiger charge is 2.23. The third-order valence-electron chi connectivity index (χ3n) is 5.98. The van der Waals surface area contributed by atoms with Gasteiger partial charge in [0.15, 0.2) is 16.7 Å². The van der Waals surface area contributed by atoms with Crippen LogP contribution in [0, 0.1) is 0 Å². The predicted molar refractivity (Wildman–Crippen MR) is 151 cm³/mol. The van der Waals surface area contributed by atoms with Crippen LogP contribution in [0.15, 0.2) is 62.0 Å². The number of phenols is 1. The quantitative estimate of drug-likeness (QED) is 0.133. The highest BCUT2D eigenvalue weighted by Crippen LogP contribution is 2.36. The van der Waals surface area contributed by atoms with Crippen molar-refractivity contribution >= 4 is 61.4 Å². The number of amides is 1. The summed E-state index contributed by atoms with van der Waals surface area (Å²) >= 11 is 6.04. The van der Waals surface area contributed by atoms with E-state index in [1.165, 1.54) is 30.0 Å². The number of hydrogen-bond donors (Lipinski definition) is 2. The zero-order chi connectivity index (χ0) is 25.9. The van der Waals surface area contributed by atoms with Crippen molar-refractivity contribution in [2.24, 2.45) is 5.10 Å². The van der Waals surface area contributed by atoms with Gasteiger partial charge >= 0.3 is 0 Å². The number of thiophene rings is 1. The first kappa shape index (κ1) is 25.5. The molecule has 1 aliphatic rings. The lowest BCUT2D eigenvalue weighted by molar-refractivity contribution is -0.118. The smallest absolute Gasteiger partial charge is 0.267 e. The van der Waals surface area contributed by atoms with Gasteiger partial charge in [-0.25, -0.2) is 10.4 Å². The number of benzene rings is 2. The van der Waals surface area contributed by atoms with Crippen LogP contribution >= 0.6 is 39.0 Å². The number of nitrogens with one attached hydrogen (secondary N) is 1. The first-order valence-electron chi connectivity index (χ1n) is 11.6. The van der Waals surface area contributed by atoms with Crippen LogP contribution in [-0.4, -0.2) is 39.6 Å². The van der Waals surface area contributed by atoms with E-state index in [4.69, 9.17) is 9.72 Å². The predicted octanol–water partition coefficient (Wildman–Crippen LogP) is 5.05. The summed E-state index contributed by atoms with van der Waals surface area (Å²) in [5.41, 5.74) is 4.88. The second kappa shape index (κ2) is 11.1. The molecule has 37 heavy (non-hydrogen) atoms. The van der Waals surface area contributed by atoms with Crippen LogP contribution in [0.5, 0.6) is 11.5 Å². The summed E-state index contributed by atoms with van der Waals surface area (Å²) in [5, 5.41) is 15.1. The largest absolute Gasteiger partial charge is 0.503 e. The van der Waals surface area contributed by atoms with Gasteiger partial charge in [0.25, 0.3) is 11.5 Å². The van der Waals surface area contributed by atoms with Crippen molar-refractivity contribution < 1.29 is 14.6 Å². The van der Waals surface area contributed by atoms with Gasteiger partial charge in [-0.05, 0) is 77.0 Å². The molecule has 0 saturated carbocycles. The van der Waals surface area contributed by atoms with Crippen LogP contribution in [0.1, 0.15) is 28.8 Å². The van der Waals surface area contributed by atoms with E-state index in [0.29, 0.717) is 26.3 Å². The van der Waals surface area contributed by atoms with Crippen molar-refractivity contribution in [3.63, 3.8) is 0 Å². The average Bonchev–Trinajstić information content (AvgIpc) is 3.28. The first-order chi connectivity index (χ1) is 18.0. The van der Waals surface area contributed by atoms with Crippen molar-refractivity contribution in [1.29, 1.82) is 0 Å². The number of fused-ring (bicyclic) bond motifs is 3. The zero-order valence-corrected chi connectivity index (χ0v) is 23.1. The number of methoxy groups -OCH3 is 1. The molecule has 190 valence electrons. The number of phenolic OH excluding ortho intramolecular Hbond substituents is 1. The lowest BCUT2D eigenvalue weighted by atomic mass is 9.97. The van der Waals surface area contributed by atoms with Gasteiger partial charge in [-0.15, -0.1) is 11.3 Å². The van der Waals surface area contributed by atoms with Crippen molar-refractivity contribution in [2.45, 2.75) is 30.8 Å². The number of halogens is 1. The van der Waals surface area contributed by atoms with E-state index in [1.54, 1.807) is 28.0 Å². The molecule has 11 heteroatoms. The SMILES string of the molecule is COc1cc(C=NNC(=O)CSc2nc3sc4c(c3c(=O)n2-c2ccccc2)CCCC4)cc(Br)c1O. The highest BCUT2D eigenvalue weighted by molar-refractivity contribution is 9.10. The Morgan fingerprint density at radius 3 is 2.86 bits per heavy atom. The third-order valence-corrected chi connectivity index (χ3v) is 8.71. The second-order valence-corrected chi connectivity index (χ2v) is 11.3. The van der Waals surface area contributed by atoms with Crippen LogP contribution in [-0.2, 0) is 17.6 Å². The molecular weight excluding hydrogens is 576 g/mol. The van der Waals surface area contributed by atoms with Crippen LogP contribution in [0.3, 0.4) is 0 Å². The number of nitrogens with zero attached hydrogens (tertiary/aromatic N) is 3. The molecule has 1 amide bonds. The topological polar surface area (TPSA) is 106 Å². The Morgan fingerprint density at radius 2 is 2.08 bits per heavy atom. The van der Waals surface area contributed by atoms with Gasteiger partial charge < -0.3 is 9.84 Å². The van der Waals surface area contributed by atoms with E-state index in [2.05, 4.69) is 26.5 Å². The van der Waals surface area contributed by atoms with Crippen molar-refractivity contribution in [1.82, 2.24) is 15.0 Å². The Hall–Kier alpha value is -3.15. The van der Waals surface area contributed by atoms with Crippen molar-refractivity contribution in [2.75, 3.05) is 12.9 Å². The Kier molecular flexibility index (Phi) is 7.63. The number of rotatable bonds is 7. The fourth-order valence-corrected chi connectivity index (χ4v) is 6.82. The molecule has 5 rings (SSSR count). The summed E-state index contributed by atoms with van der Waals surface area (Å²) in [6.07, 6.45) is 5.54. The van der Waals surface area contributed by atoms with Gasteiger partial charge in [0, 0.05) is 4.88 Å². The number of aryl methyl sites for hydroxylation is 2. The Bertz CT molecular complexity index is 1570. The molecule has 2 heterocycles. The summed E-state index contributed by atoms with van der Waals surface area (Å²) < 4.78 is 7.18. The fraction of sp³-hybridized carbons (Fsp3) is 0.231. The number of thioether (sulfide) groups is 1. The normalized spacial score (nSPS) is 13.1. The molecule has 2 aromatic carbocycles. The number of ether oxygens (including phenoxy) is 1. The monoisotopic (exact) mass is 598 g/mol. The number of para-hydroxylation sites is 1. The molecular formula is C26H23BrN4O4S2. The van der Waals surface area contributed by atoms with Gasteiger partial charge in [0.2, 0.25) is 0 Å². The molecule has 0 aliphatic heterocycles. The Balaban J connectivity index is 1.38. The summed E-state index contributed by atoms with van der Waals surface area (Å²) in [7, 11) is 1.45. The van der Waals surface area contributed by atoms with E-state index < -0.39 is 0 Å². The number of hydrazone groups is 1. The van der Waals surface area contributed by atoms with Crippen LogP contribution in [0.25, 0.3) is 15.9 Å². The zero-order valence-electron chi connectivity index (χ0n) is 19.9. The molecule has 0 spiro atoms. The first-order valence-corrected chi connectivity index (χ1v) is 14.2. The molecule has 0 unspecified atom stereocenters. The third kappa shape index (κ3) is 5.29. The average molecular weight is 600 g/mol. The van der Waals surface area contributed by atoms with Gasteiger partial charge in [-0.2, -0.15) is 5.10 Å². The summed E-state index contributed by atoms with van der Waals surface area (Å²) in [6, 6.07) is 12.6. The maximum absolute atomic E-state index is 13.7. The van der Waals surface area contributed by atoms with E-state index in [-0.39, 0.29) is 28.7 Å². The number of hydrogen-bond acceptors (Lipinski definition) is 8. The molecule has 0 fully saturated rings. The maximum atomic E-state index is 13.7. The van der Waals surface area contributed by atoms with Gasteiger partial charge in [0.05, 0.1) is 34.6 Å². The van der Waals surface area contributed by atoms with Gasteiger partial charge in [0.1, 0.15) is 4.83 Å². The summed E-state index contributed by atoms with van der Waals surface area (Å²) in [5.74, 6) is -0.0464. The Labute approximate surface area is 229 Å². The molecule has 8 nitrogen and oxygen atoms in total. The standard InChI is InChI=1S/C26H23BrN4O4S2/c1-35-19-12-15(11-18(27)23(19)33)13-28-30-21(32)14-36-26-29-24-22(17-9-5-6-10-20(17)37-24)25(34)31(26)16-7-3-2-4-8-16/h2-4,7-8,11-13,33H,5-6,9-10,14H2,1H3,(H,30,32). The molecule has 2 aromatic heterocycles. The van der Waals surface area contributed by atoms with Crippen molar-refractivity contribution in [3.05, 3.63) is 73.3 Å². The number of carbonyl (C=O) groups excluding carboxylic acids is 1. The van der Waals surface area contributed by atoms with Gasteiger partial charge in [-0.3, -0.25) is 14.2 Å². The molecule has 0 bridgehead atoms. The number of aromatic hydroxyl groups is 1. The number of carbonyl (C=O) groups is 1. The Morgan fingerprint density at radius 1 is 1.30 bits per heavy atom. The fourth-order valence-electron chi connectivity index (χ4n) is 4.25. The minimum atomic E-state index is -0.342. The molecule has 2 N–H and O–H groups in total. The van der Waals surface area contributed by atoms with E-state index in [9.17, 15) is 14.7 Å². The molecule has 0 atom stereocenters. The van der Waals surface area contributed by atoms with Gasteiger partial charge in [-0.1, -0.05) is 30.0 Å². The van der Waals surface area contributed by atoms with E-state index in [0.717, 1.165) is 36.1 Å². The molecule has 0 saturated heterocycles. The minimum Gasteiger partial charge on any atom is -0.503 e. The van der Waals surface area contributed by atoms with Crippen LogP contribution in [0.2, 0.25) is 0 Å². The lowest BCUT2D eigenvalue weighted by Crippen LogP contribution is -2.24. The highest BCUT2D eigenvalue weighted by atomic mass is 79.9. The van der Waals surface area contributed by atoms with Crippen LogP contribution in [0.4, 0.5) is 0 Å². The minimum absolute atomic E-state index is 0.0133. The summed E-state index contributed by atoms with van der Waals surface area (Å²) in [4.78, 5) is 33.1. The maximum Gasteiger partial charge on any atom is 0.267 e. The van der Waals surface area contributed by atoms with E-state index >= 15 is 0 Å². The molecule has 4 aromatic rings. The summed E-state index contributed by atoms with van der Waals surface area (Å²) in [6.45, 7) is 0. The molecule has 1 aliphatic carbocycles. The molecule has 0 radical (unpaired) electrons. The van der Waals surface area contributed by atoms with Crippen molar-refractivity contribution in [3.8, 4) is 17.2 Å². The lowest BCUT2D eigenvalue weighted by Gasteiger charge is -2.13. The number of aromatic nitrogens is 2.